The predicted octanol–water partition coefficient (Wildman–Crippen LogP) is 1.79. The van der Waals surface area contributed by atoms with Crippen molar-refractivity contribution in [2.45, 2.75) is 25.2 Å². The molecule has 0 spiro atoms. The van der Waals surface area contributed by atoms with E-state index in [0.717, 1.165) is 5.56 Å². The van der Waals surface area contributed by atoms with Gasteiger partial charge < -0.3 is 5.11 Å². The maximum Gasteiger partial charge on any atom is 0.178 e. The van der Waals surface area contributed by atoms with E-state index in [1.54, 1.807) is 24.3 Å². The Balaban J connectivity index is 2.89. The summed E-state index contributed by atoms with van der Waals surface area (Å²) in [6, 6.07) is 6.81. The first kappa shape index (κ1) is 13.2. The van der Waals surface area contributed by atoms with Crippen LogP contribution in [0.4, 0.5) is 0 Å². The van der Waals surface area contributed by atoms with E-state index in [2.05, 4.69) is 0 Å². The molecule has 0 radical (unpaired) electrons. The number of hydrogen-bond acceptors (Lipinski definition) is 3. The van der Waals surface area contributed by atoms with Gasteiger partial charge in [-0.2, -0.15) is 0 Å². The molecule has 0 fully saturated rings. The fourth-order valence-electron chi connectivity index (χ4n) is 1.45. The zero-order valence-corrected chi connectivity index (χ0v) is 10.5. The fraction of sp³-hybridized carbons (Fsp3) is 0.500. The Bertz CT molecular complexity index is 416. The van der Waals surface area contributed by atoms with Crippen molar-refractivity contribution in [1.82, 2.24) is 0 Å². The molecular weight excluding hydrogens is 224 g/mol. The highest BCUT2D eigenvalue weighted by molar-refractivity contribution is 7.91. The summed E-state index contributed by atoms with van der Waals surface area (Å²) in [6.45, 7) is 3.71. The fourth-order valence-corrected chi connectivity index (χ4v) is 3.16. The van der Waals surface area contributed by atoms with E-state index in [-0.39, 0.29) is 18.3 Å². The van der Waals surface area contributed by atoms with Crippen LogP contribution in [-0.2, 0) is 9.84 Å². The van der Waals surface area contributed by atoms with Crippen LogP contribution in [0.5, 0.6) is 0 Å². The van der Waals surface area contributed by atoms with Crippen LogP contribution in [0.15, 0.2) is 29.2 Å². The molecule has 1 N–H and O–H groups in total. The van der Waals surface area contributed by atoms with E-state index in [4.69, 9.17) is 5.11 Å². The Morgan fingerprint density at radius 2 is 1.81 bits per heavy atom. The van der Waals surface area contributed by atoms with Gasteiger partial charge in [-0.05, 0) is 25.0 Å². The second-order valence-corrected chi connectivity index (χ2v) is 6.09. The lowest BCUT2D eigenvalue weighted by Crippen LogP contribution is -2.18. The van der Waals surface area contributed by atoms with Crippen LogP contribution in [0.25, 0.3) is 0 Å². The van der Waals surface area contributed by atoms with Crippen LogP contribution in [-0.4, -0.2) is 25.9 Å². The highest BCUT2D eigenvalue weighted by Crippen LogP contribution is 2.16. The van der Waals surface area contributed by atoms with Crippen LogP contribution in [0.2, 0.25) is 0 Å². The molecule has 3 nitrogen and oxygen atoms in total. The molecule has 0 saturated heterocycles. The second kappa shape index (κ2) is 5.46. The molecule has 0 bridgehead atoms. The summed E-state index contributed by atoms with van der Waals surface area (Å²) in [7, 11) is -3.26. The average Bonchev–Trinajstić information content (AvgIpc) is 2.26. The minimum atomic E-state index is -3.26. The highest BCUT2D eigenvalue weighted by Gasteiger charge is 2.19. The molecule has 1 unspecified atom stereocenters. The SMILES string of the molecule is CCC(CO)CS(=O)(=O)c1ccc(C)cc1. The van der Waals surface area contributed by atoms with E-state index < -0.39 is 9.84 Å². The molecule has 16 heavy (non-hydrogen) atoms. The van der Waals surface area contributed by atoms with Gasteiger partial charge in [0.1, 0.15) is 0 Å². The third-order valence-corrected chi connectivity index (χ3v) is 4.57. The maximum absolute atomic E-state index is 12.0. The lowest BCUT2D eigenvalue weighted by atomic mass is 10.1. The normalized spacial score (nSPS) is 13.7. The quantitative estimate of drug-likeness (QED) is 0.856. The van der Waals surface area contributed by atoms with Gasteiger partial charge in [0.15, 0.2) is 9.84 Å². The maximum atomic E-state index is 12.0. The Morgan fingerprint density at radius 1 is 1.25 bits per heavy atom. The third-order valence-electron chi connectivity index (χ3n) is 2.67. The molecule has 0 heterocycles. The lowest BCUT2D eigenvalue weighted by molar-refractivity contribution is 0.235. The molecule has 0 aliphatic carbocycles. The summed E-state index contributed by atoms with van der Waals surface area (Å²) in [4.78, 5) is 0.338. The van der Waals surface area contributed by atoms with Crippen LogP contribution in [0.1, 0.15) is 18.9 Å². The molecule has 1 aromatic carbocycles. The van der Waals surface area contributed by atoms with E-state index in [1.807, 2.05) is 13.8 Å². The van der Waals surface area contributed by atoms with Gasteiger partial charge >= 0.3 is 0 Å². The first-order valence-electron chi connectivity index (χ1n) is 5.40. The number of sulfone groups is 1. The predicted molar refractivity (Wildman–Crippen MR) is 64.1 cm³/mol. The number of hydrogen-bond donors (Lipinski definition) is 1. The summed E-state index contributed by atoms with van der Waals surface area (Å²) < 4.78 is 23.9. The van der Waals surface area contributed by atoms with Crippen LogP contribution in [0.3, 0.4) is 0 Å². The molecule has 1 aromatic rings. The van der Waals surface area contributed by atoms with Crippen molar-refractivity contribution in [3.8, 4) is 0 Å². The number of rotatable bonds is 5. The molecule has 0 aromatic heterocycles. The Labute approximate surface area is 97.0 Å². The molecule has 0 amide bonds. The van der Waals surface area contributed by atoms with Crippen molar-refractivity contribution in [3.05, 3.63) is 29.8 Å². The van der Waals surface area contributed by atoms with Gasteiger partial charge in [0.2, 0.25) is 0 Å². The van der Waals surface area contributed by atoms with Gasteiger partial charge in [-0.15, -0.1) is 0 Å². The molecular formula is C12H18O3S. The van der Waals surface area contributed by atoms with Crippen molar-refractivity contribution in [1.29, 1.82) is 0 Å². The smallest absolute Gasteiger partial charge is 0.178 e. The van der Waals surface area contributed by atoms with Gasteiger partial charge in [0.25, 0.3) is 0 Å². The molecule has 90 valence electrons. The average molecular weight is 242 g/mol. The van der Waals surface area contributed by atoms with Crippen molar-refractivity contribution in [2.75, 3.05) is 12.4 Å². The first-order chi connectivity index (χ1) is 7.49. The second-order valence-electron chi connectivity index (χ2n) is 4.05. The minimum Gasteiger partial charge on any atom is -0.396 e. The first-order valence-corrected chi connectivity index (χ1v) is 7.05. The van der Waals surface area contributed by atoms with Gasteiger partial charge in [-0.1, -0.05) is 31.0 Å². The van der Waals surface area contributed by atoms with Gasteiger partial charge in [-0.3, -0.25) is 0 Å². The van der Waals surface area contributed by atoms with Crippen molar-refractivity contribution >= 4 is 9.84 Å². The van der Waals surface area contributed by atoms with Crippen LogP contribution >= 0.6 is 0 Å². The highest BCUT2D eigenvalue weighted by atomic mass is 32.2. The summed E-state index contributed by atoms with van der Waals surface area (Å²) in [6.07, 6.45) is 0.668. The largest absolute Gasteiger partial charge is 0.396 e. The number of aliphatic hydroxyl groups excluding tert-OH is 1. The topological polar surface area (TPSA) is 54.4 Å². The zero-order chi connectivity index (χ0) is 12.2. The van der Waals surface area contributed by atoms with Crippen molar-refractivity contribution in [2.24, 2.45) is 5.92 Å². The lowest BCUT2D eigenvalue weighted by Gasteiger charge is -2.12. The molecule has 1 rings (SSSR count). The zero-order valence-electron chi connectivity index (χ0n) is 9.68. The van der Waals surface area contributed by atoms with Crippen molar-refractivity contribution < 1.29 is 13.5 Å². The number of aliphatic hydroxyl groups is 1. The van der Waals surface area contributed by atoms with Gasteiger partial charge in [0, 0.05) is 6.61 Å². The third kappa shape index (κ3) is 3.32. The van der Waals surface area contributed by atoms with Crippen molar-refractivity contribution in [3.63, 3.8) is 0 Å². The van der Waals surface area contributed by atoms with Crippen LogP contribution in [0, 0.1) is 12.8 Å². The minimum absolute atomic E-state index is 0.0169. The summed E-state index contributed by atoms with van der Waals surface area (Å²) in [5, 5.41) is 9.02. The number of aryl methyl sites for hydroxylation is 1. The summed E-state index contributed by atoms with van der Waals surface area (Å²) in [5.41, 5.74) is 1.04. The number of benzene rings is 1. The molecule has 0 aliphatic heterocycles. The Morgan fingerprint density at radius 3 is 2.25 bits per heavy atom. The monoisotopic (exact) mass is 242 g/mol. The van der Waals surface area contributed by atoms with E-state index in [9.17, 15) is 8.42 Å². The van der Waals surface area contributed by atoms with E-state index in [0.29, 0.717) is 11.3 Å². The Hall–Kier alpha value is -0.870. The molecule has 0 aliphatic rings. The molecule has 0 saturated carbocycles. The van der Waals surface area contributed by atoms with Gasteiger partial charge in [-0.25, -0.2) is 8.42 Å². The van der Waals surface area contributed by atoms with E-state index >= 15 is 0 Å². The Kier molecular flexibility index (Phi) is 4.50. The summed E-state index contributed by atoms with van der Waals surface area (Å²) >= 11 is 0. The molecule has 4 heteroatoms. The standard InChI is InChI=1S/C12H18O3S/c1-3-11(8-13)9-16(14,15)12-6-4-10(2)5-7-12/h4-7,11,13H,3,8-9H2,1-2H3. The van der Waals surface area contributed by atoms with E-state index in [1.165, 1.54) is 0 Å². The molecule has 1 atom stereocenters. The van der Waals surface area contributed by atoms with Crippen LogP contribution < -0.4 is 0 Å². The summed E-state index contributed by atoms with van der Waals surface area (Å²) in [5.74, 6) is -0.158. The van der Waals surface area contributed by atoms with Gasteiger partial charge in [0.05, 0.1) is 10.6 Å².